The van der Waals surface area contributed by atoms with E-state index < -0.39 is 17.7 Å². The monoisotopic (exact) mass is 356 g/mol. The standard InChI is InChI=1S/C18H19F3O2S/c1-3-5-6-12(10-17(22)23-4-2)15-9-13-7-8-14(18(19,20)21)11-16(13)24-15/h7-11H,3-6H2,1-2H3/b12-10+. The summed E-state index contributed by atoms with van der Waals surface area (Å²) >= 11 is 1.27. The Balaban J connectivity index is 2.40. The average molecular weight is 356 g/mol. The van der Waals surface area contributed by atoms with Crippen molar-refractivity contribution in [2.45, 2.75) is 39.3 Å². The van der Waals surface area contributed by atoms with Crippen LogP contribution in [0.5, 0.6) is 0 Å². The van der Waals surface area contributed by atoms with E-state index in [1.807, 2.05) is 13.0 Å². The van der Waals surface area contributed by atoms with E-state index in [9.17, 15) is 18.0 Å². The molecule has 0 radical (unpaired) electrons. The lowest BCUT2D eigenvalue weighted by Gasteiger charge is -2.05. The molecule has 0 saturated heterocycles. The zero-order valence-corrected chi connectivity index (χ0v) is 14.4. The van der Waals surface area contributed by atoms with E-state index in [2.05, 4.69) is 0 Å². The molecule has 0 unspecified atom stereocenters. The highest BCUT2D eigenvalue weighted by atomic mass is 32.1. The van der Waals surface area contributed by atoms with E-state index in [1.165, 1.54) is 23.5 Å². The van der Waals surface area contributed by atoms with E-state index in [1.54, 1.807) is 6.92 Å². The first-order valence-corrected chi connectivity index (χ1v) is 8.65. The number of fused-ring (bicyclic) bond motifs is 1. The van der Waals surface area contributed by atoms with Gasteiger partial charge in [-0.1, -0.05) is 19.4 Å². The molecule has 1 aromatic carbocycles. The molecule has 2 rings (SSSR count). The molecule has 0 bridgehead atoms. The second-order valence-corrected chi connectivity index (χ2v) is 6.47. The Morgan fingerprint density at radius 2 is 2.00 bits per heavy atom. The van der Waals surface area contributed by atoms with E-state index in [0.717, 1.165) is 40.8 Å². The van der Waals surface area contributed by atoms with Gasteiger partial charge >= 0.3 is 12.1 Å². The van der Waals surface area contributed by atoms with E-state index in [4.69, 9.17) is 4.74 Å². The highest BCUT2D eigenvalue weighted by molar-refractivity contribution is 7.20. The summed E-state index contributed by atoms with van der Waals surface area (Å²) in [5.74, 6) is -0.419. The quantitative estimate of drug-likeness (QED) is 0.465. The van der Waals surface area contributed by atoms with Crippen LogP contribution in [0.4, 0.5) is 13.2 Å². The molecule has 130 valence electrons. The third-order valence-electron chi connectivity index (χ3n) is 3.54. The van der Waals surface area contributed by atoms with Gasteiger partial charge in [0.05, 0.1) is 12.2 Å². The molecule has 0 aliphatic heterocycles. The van der Waals surface area contributed by atoms with Gasteiger partial charge in [-0.3, -0.25) is 0 Å². The molecule has 2 nitrogen and oxygen atoms in total. The van der Waals surface area contributed by atoms with Crippen LogP contribution in [0, 0.1) is 0 Å². The zero-order chi connectivity index (χ0) is 17.7. The Morgan fingerprint density at radius 1 is 1.25 bits per heavy atom. The van der Waals surface area contributed by atoms with Crippen LogP contribution < -0.4 is 0 Å². The van der Waals surface area contributed by atoms with Gasteiger partial charge in [-0.15, -0.1) is 11.3 Å². The maximum atomic E-state index is 12.8. The Morgan fingerprint density at radius 3 is 2.62 bits per heavy atom. The first-order chi connectivity index (χ1) is 11.3. The summed E-state index contributed by atoms with van der Waals surface area (Å²) in [6.45, 7) is 4.07. The molecular formula is C18H19F3O2S. The zero-order valence-electron chi connectivity index (χ0n) is 13.6. The van der Waals surface area contributed by atoms with Crippen molar-refractivity contribution in [3.63, 3.8) is 0 Å². The van der Waals surface area contributed by atoms with Gasteiger partial charge < -0.3 is 4.74 Å². The molecule has 1 aromatic heterocycles. The van der Waals surface area contributed by atoms with Crippen molar-refractivity contribution in [2.24, 2.45) is 0 Å². The van der Waals surface area contributed by atoms with Crippen LogP contribution in [0.15, 0.2) is 30.3 Å². The van der Waals surface area contributed by atoms with Crippen molar-refractivity contribution < 1.29 is 22.7 Å². The van der Waals surface area contributed by atoms with Crippen LogP contribution >= 0.6 is 11.3 Å². The van der Waals surface area contributed by atoms with E-state index >= 15 is 0 Å². The molecule has 0 amide bonds. The van der Waals surface area contributed by atoms with Crippen LogP contribution in [-0.4, -0.2) is 12.6 Å². The number of carbonyl (C=O) groups excluding carboxylic acids is 1. The second-order valence-electron chi connectivity index (χ2n) is 5.39. The number of benzene rings is 1. The van der Waals surface area contributed by atoms with Crippen LogP contribution in [0.25, 0.3) is 15.7 Å². The van der Waals surface area contributed by atoms with Gasteiger partial charge in [0.1, 0.15) is 0 Å². The Kier molecular flexibility index (Phi) is 6.04. The van der Waals surface area contributed by atoms with Crippen LogP contribution in [0.2, 0.25) is 0 Å². The largest absolute Gasteiger partial charge is 0.463 e. The first-order valence-electron chi connectivity index (χ1n) is 7.83. The normalized spacial score (nSPS) is 12.6. The maximum Gasteiger partial charge on any atom is 0.416 e. The van der Waals surface area contributed by atoms with Gasteiger partial charge in [0.25, 0.3) is 0 Å². The minimum absolute atomic E-state index is 0.289. The molecule has 0 aliphatic rings. The minimum Gasteiger partial charge on any atom is -0.463 e. The number of hydrogen-bond acceptors (Lipinski definition) is 3. The van der Waals surface area contributed by atoms with Crippen molar-refractivity contribution in [3.8, 4) is 0 Å². The number of ether oxygens (including phenoxy) is 1. The third kappa shape index (κ3) is 4.60. The van der Waals surface area contributed by atoms with Crippen molar-refractivity contribution in [2.75, 3.05) is 6.61 Å². The van der Waals surface area contributed by atoms with Gasteiger partial charge in [0, 0.05) is 15.7 Å². The lowest BCUT2D eigenvalue weighted by Crippen LogP contribution is -2.03. The summed E-state index contributed by atoms with van der Waals surface area (Å²) in [5, 5.41) is 0.745. The summed E-state index contributed by atoms with van der Waals surface area (Å²) in [6.07, 6.45) is -0.358. The van der Waals surface area contributed by atoms with Gasteiger partial charge in [-0.05, 0) is 48.9 Å². The summed E-state index contributed by atoms with van der Waals surface area (Å²) in [4.78, 5) is 12.6. The number of rotatable bonds is 6. The number of allylic oxidation sites excluding steroid dienone is 1. The first kappa shape index (κ1) is 18.5. The number of alkyl halides is 3. The van der Waals surface area contributed by atoms with Crippen LogP contribution in [0.1, 0.15) is 43.6 Å². The van der Waals surface area contributed by atoms with Gasteiger partial charge in [0.15, 0.2) is 0 Å². The fraction of sp³-hybridized carbons (Fsp3) is 0.389. The molecule has 0 N–H and O–H groups in total. The fourth-order valence-corrected chi connectivity index (χ4v) is 3.47. The predicted octanol–water partition coefficient (Wildman–Crippen LogP) is 6.06. The van der Waals surface area contributed by atoms with Crippen molar-refractivity contribution in [1.29, 1.82) is 0 Å². The second kappa shape index (κ2) is 7.83. The Hall–Kier alpha value is -1.82. The van der Waals surface area contributed by atoms with Gasteiger partial charge in [-0.25, -0.2) is 4.79 Å². The molecule has 0 aliphatic carbocycles. The topological polar surface area (TPSA) is 26.3 Å². The number of hydrogen-bond donors (Lipinski definition) is 0. The summed E-state index contributed by atoms with van der Waals surface area (Å²) in [7, 11) is 0. The number of thiophene rings is 1. The lowest BCUT2D eigenvalue weighted by atomic mass is 10.1. The molecule has 0 fully saturated rings. The molecular weight excluding hydrogens is 337 g/mol. The summed E-state index contributed by atoms with van der Waals surface area (Å²) in [5.41, 5.74) is 0.151. The highest BCUT2D eigenvalue weighted by Crippen LogP contribution is 2.37. The highest BCUT2D eigenvalue weighted by Gasteiger charge is 2.30. The molecule has 1 heterocycles. The number of unbranched alkanes of at least 4 members (excludes halogenated alkanes) is 1. The lowest BCUT2D eigenvalue weighted by molar-refractivity contribution is -0.138. The molecule has 0 atom stereocenters. The predicted molar refractivity (Wildman–Crippen MR) is 91.0 cm³/mol. The molecule has 0 saturated carbocycles. The van der Waals surface area contributed by atoms with Crippen molar-refractivity contribution >= 4 is 33.0 Å². The average Bonchev–Trinajstić information content (AvgIpc) is 2.93. The van der Waals surface area contributed by atoms with Gasteiger partial charge in [-0.2, -0.15) is 13.2 Å². The van der Waals surface area contributed by atoms with E-state index in [0.29, 0.717) is 11.1 Å². The minimum atomic E-state index is -4.36. The summed E-state index contributed by atoms with van der Waals surface area (Å²) < 4.78 is 44.0. The van der Waals surface area contributed by atoms with Crippen LogP contribution in [0.3, 0.4) is 0 Å². The maximum absolute atomic E-state index is 12.8. The molecule has 0 spiro atoms. The fourth-order valence-electron chi connectivity index (χ4n) is 2.33. The summed E-state index contributed by atoms with van der Waals surface area (Å²) in [6, 6.07) is 5.55. The number of halogens is 3. The number of esters is 1. The molecule has 24 heavy (non-hydrogen) atoms. The van der Waals surface area contributed by atoms with Crippen molar-refractivity contribution in [3.05, 3.63) is 40.8 Å². The molecule has 2 aromatic rings. The third-order valence-corrected chi connectivity index (χ3v) is 4.72. The molecule has 6 heteroatoms. The van der Waals surface area contributed by atoms with Gasteiger partial charge in [0.2, 0.25) is 0 Å². The van der Waals surface area contributed by atoms with Crippen molar-refractivity contribution in [1.82, 2.24) is 0 Å². The SMILES string of the molecule is CCCC/C(=C\C(=O)OCC)c1cc2ccc(C(F)(F)F)cc2s1. The Labute approximate surface area is 142 Å². The van der Waals surface area contributed by atoms with Crippen LogP contribution in [-0.2, 0) is 15.7 Å². The Bertz CT molecular complexity index is 744. The van der Waals surface area contributed by atoms with E-state index in [-0.39, 0.29) is 6.61 Å². The number of carbonyl (C=O) groups is 1. The smallest absolute Gasteiger partial charge is 0.416 e.